The highest BCUT2D eigenvalue weighted by molar-refractivity contribution is 5.75. The lowest BCUT2D eigenvalue weighted by atomic mass is 10.1. The van der Waals surface area contributed by atoms with Gasteiger partial charge in [-0.3, -0.25) is 4.79 Å². The van der Waals surface area contributed by atoms with E-state index in [0.717, 1.165) is 11.1 Å². The molecule has 5 heteroatoms. The Bertz CT molecular complexity index is 409. The molecule has 0 aliphatic rings. The van der Waals surface area contributed by atoms with Gasteiger partial charge in [0.05, 0.1) is 26.4 Å². The summed E-state index contributed by atoms with van der Waals surface area (Å²) < 4.78 is 15.5. The van der Waals surface area contributed by atoms with E-state index < -0.39 is 0 Å². The molecule has 0 spiro atoms. The van der Waals surface area contributed by atoms with Gasteiger partial charge in [-0.15, -0.1) is 0 Å². The van der Waals surface area contributed by atoms with Crippen molar-refractivity contribution in [2.75, 3.05) is 33.5 Å². The summed E-state index contributed by atoms with van der Waals surface area (Å²) in [5.41, 5.74) is 2.19. The van der Waals surface area contributed by atoms with Crippen molar-refractivity contribution in [2.45, 2.75) is 26.5 Å². The third-order valence-corrected chi connectivity index (χ3v) is 2.86. The van der Waals surface area contributed by atoms with Crippen molar-refractivity contribution in [2.24, 2.45) is 0 Å². The van der Waals surface area contributed by atoms with Crippen LogP contribution in [-0.2, 0) is 32.2 Å². The SMILES string of the molecule is CCOCc1cccc(CNC(=O)CCOCCOC)c1. The lowest BCUT2D eigenvalue weighted by Gasteiger charge is -2.08. The Morgan fingerprint density at radius 3 is 2.71 bits per heavy atom. The minimum absolute atomic E-state index is 0.0115. The summed E-state index contributed by atoms with van der Waals surface area (Å²) in [7, 11) is 1.62. The fourth-order valence-electron chi connectivity index (χ4n) is 1.75. The zero-order valence-electron chi connectivity index (χ0n) is 12.9. The normalized spacial score (nSPS) is 10.6. The lowest BCUT2D eigenvalue weighted by molar-refractivity contribution is -0.122. The maximum atomic E-state index is 11.7. The van der Waals surface area contributed by atoms with Crippen LogP contribution in [0.3, 0.4) is 0 Å². The van der Waals surface area contributed by atoms with E-state index >= 15 is 0 Å². The molecule has 0 bridgehead atoms. The Morgan fingerprint density at radius 2 is 1.95 bits per heavy atom. The van der Waals surface area contributed by atoms with Crippen LogP contribution in [0.4, 0.5) is 0 Å². The largest absolute Gasteiger partial charge is 0.382 e. The topological polar surface area (TPSA) is 56.8 Å². The fraction of sp³-hybridized carbons (Fsp3) is 0.562. The summed E-state index contributed by atoms with van der Waals surface area (Å²) in [6.07, 6.45) is 0.363. The van der Waals surface area contributed by atoms with Gasteiger partial charge in [-0.1, -0.05) is 24.3 Å². The van der Waals surface area contributed by atoms with Crippen molar-refractivity contribution in [3.8, 4) is 0 Å². The van der Waals surface area contributed by atoms with Gasteiger partial charge in [-0.25, -0.2) is 0 Å². The Morgan fingerprint density at radius 1 is 1.14 bits per heavy atom. The molecule has 0 aliphatic carbocycles. The molecule has 1 aromatic rings. The molecule has 0 saturated heterocycles. The van der Waals surface area contributed by atoms with Crippen molar-refractivity contribution in [1.82, 2.24) is 5.32 Å². The number of hydrogen-bond acceptors (Lipinski definition) is 4. The van der Waals surface area contributed by atoms with Crippen molar-refractivity contribution in [3.05, 3.63) is 35.4 Å². The molecule has 5 nitrogen and oxygen atoms in total. The summed E-state index contributed by atoms with van der Waals surface area (Å²) in [6.45, 7) is 5.28. The van der Waals surface area contributed by atoms with Crippen LogP contribution in [-0.4, -0.2) is 39.4 Å². The maximum absolute atomic E-state index is 11.7. The van der Waals surface area contributed by atoms with Gasteiger partial charge >= 0.3 is 0 Å². The van der Waals surface area contributed by atoms with E-state index in [4.69, 9.17) is 14.2 Å². The zero-order valence-corrected chi connectivity index (χ0v) is 12.9. The van der Waals surface area contributed by atoms with Crippen LogP contribution in [0.1, 0.15) is 24.5 Å². The number of hydrogen-bond donors (Lipinski definition) is 1. The smallest absolute Gasteiger partial charge is 0.222 e. The van der Waals surface area contributed by atoms with E-state index in [2.05, 4.69) is 5.32 Å². The van der Waals surface area contributed by atoms with Crippen LogP contribution < -0.4 is 5.32 Å². The quantitative estimate of drug-likeness (QED) is 0.633. The molecule has 1 amide bonds. The van der Waals surface area contributed by atoms with Gasteiger partial charge in [0.2, 0.25) is 5.91 Å². The number of nitrogens with one attached hydrogen (secondary N) is 1. The number of carbonyl (C=O) groups is 1. The third kappa shape index (κ3) is 8.45. The molecule has 0 unspecified atom stereocenters. The van der Waals surface area contributed by atoms with Gasteiger partial charge in [-0.05, 0) is 18.1 Å². The van der Waals surface area contributed by atoms with Gasteiger partial charge in [0.25, 0.3) is 0 Å². The average molecular weight is 295 g/mol. The number of methoxy groups -OCH3 is 1. The predicted molar refractivity (Wildman–Crippen MR) is 80.9 cm³/mol. The zero-order chi connectivity index (χ0) is 15.3. The van der Waals surface area contributed by atoms with Crippen molar-refractivity contribution >= 4 is 5.91 Å². The fourth-order valence-corrected chi connectivity index (χ4v) is 1.75. The van der Waals surface area contributed by atoms with Crippen LogP contribution in [0.2, 0.25) is 0 Å². The molecular formula is C16H25NO4. The van der Waals surface area contributed by atoms with Crippen LogP contribution in [0.5, 0.6) is 0 Å². The summed E-state index contributed by atoms with van der Waals surface area (Å²) >= 11 is 0. The van der Waals surface area contributed by atoms with Crippen LogP contribution in [0, 0.1) is 0 Å². The number of ether oxygens (including phenoxy) is 3. The molecule has 1 rings (SSSR count). The van der Waals surface area contributed by atoms with E-state index in [9.17, 15) is 4.79 Å². The average Bonchev–Trinajstić information content (AvgIpc) is 2.51. The monoisotopic (exact) mass is 295 g/mol. The van der Waals surface area contributed by atoms with Gasteiger partial charge in [-0.2, -0.15) is 0 Å². The first-order valence-corrected chi connectivity index (χ1v) is 7.25. The number of carbonyl (C=O) groups excluding carboxylic acids is 1. The Balaban J connectivity index is 2.22. The van der Waals surface area contributed by atoms with Gasteiger partial charge in [0.1, 0.15) is 0 Å². The molecule has 0 fully saturated rings. The van der Waals surface area contributed by atoms with E-state index in [1.54, 1.807) is 7.11 Å². The Labute approximate surface area is 126 Å². The Kier molecular flexibility index (Phi) is 9.44. The number of benzene rings is 1. The van der Waals surface area contributed by atoms with E-state index in [-0.39, 0.29) is 5.91 Å². The first-order valence-electron chi connectivity index (χ1n) is 7.25. The molecule has 0 aromatic heterocycles. The summed E-state index contributed by atoms with van der Waals surface area (Å²) in [5.74, 6) is -0.0115. The molecule has 0 saturated carbocycles. The second-order valence-corrected chi connectivity index (χ2v) is 4.59. The minimum Gasteiger partial charge on any atom is -0.382 e. The second kappa shape index (κ2) is 11.3. The highest BCUT2D eigenvalue weighted by Gasteiger charge is 2.02. The van der Waals surface area contributed by atoms with Crippen molar-refractivity contribution in [1.29, 1.82) is 0 Å². The molecule has 118 valence electrons. The van der Waals surface area contributed by atoms with Crippen LogP contribution >= 0.6 is 0 Å². The van der Waals surface area contributed by atoms with E-state index in [1.165, 1.54) is 0 Å². The van der Waals surface area contributed by atoms with Crippen LogP contribution in [0.25, 0.3) is 0 Å². The summed E-state index contributed by atoms with van der Waals surface area (Å²) in [6, 6.07) is 8.03. The number of rotatable bonds is 11. The molecule has 21 heavy (non-hydrogen) atoms. The molecular weight excluding hydrogens is 270 g/mol. The molecule has 0 radical (unpaired) electrons. The first-order chi connectivity index (χ1) is 10.3. The van der Waals surface area contributed by atoms with Crippen LogP contribution in [0.15, 0.2) is 24.3 Å². The van der Waals surface area contributed by atoms with Crippen molar-refractivity contribution in [3.63, 3.8) is 0 Å². The standard InChI is InChI=1S/C16H25NO4/c1-3-20-13-15-6-4-5-14(11-15)12-17-16(18)7-8-21-10-9-19-2/h4-6,11H,3,7-10,12-13H2,1-2H3,(H,17,18). The summed E-state index contributed by atoms with van der Waals surface area (Å²) in [5, 5.41) is 2.88. The minimum atomic E-state index is -0.0115. The van der Waals surface area contributed by atoms with Crippen molar-refractivity contribution < 1.29 is 19.0 Å². The molecule has 0 aliphatic heterocycles. The molecule has 0 heterocycles. The summed E-state index contributed by atoms with van der Waals surface area (Å²) in [4.78, 5) is 11.7. The molecule has 1 aromatic carbocycles. The van der Waals surface area contributed by atoms with E-state index in [1.807, 2.05) is 31.2 Å². The lowest BCUT2D eigenvalue weighted by Crippen LogP contribution is -2.24. The van der Waals surface area contributed by atoms with Gasteiger partial charge < -0.3 is 19.5 Å². The van der Waals surface area contributed by atoms with Gasteiger partial charge in [0.15, 0.2) is 0 Å². The number of amides is 1. The second-order valence-electron chi connectivity index (χ2n) is 4.59. The first kappa shape index (κ1) is 17.6. The third-order valence-electron chi connectivity index (χ3n) is 2.86. The highest BCUT2D eigenvalue weighted by Crippen LogP contribution is 2.06. The van der Waals surface area contributed by atoms with Gasteiger partial charge in [0, 0.05) is 26.7 Å². The molecule has 1 N–H and O–H groups in total. The Hall–Kier alpha value is -1.43. The highest BCUT2D eigenvalue weighted by atomic mass is 16.5. The van der Waals surface area contributed by atoms with E-state index in [0.29, 0.717) is 46.0 Å². The predicted octanol–water partition coefficient (Wildman–Crippen LogP) is 1.89. The molecule has 0 atom stereocenters. The maximum Gasteiger partial charge on any atom is 0.222 e.